The maximum Gasteiger partial charge on any atom is 0.408 e. The number of rotatable bonds is 6. The molecule has 136 valence electrons. The molecule has 1 aromatic carbocycles. The lowest BCUT2D eigenvalue weighted by Gasteiger charge is -2.40. The number of amides is 1. The molecule has 1 atom stereocenters. The molecule has 0 spiro atoms. The Labute approximate surface area is 152 Å². The number of sulfonamides is 1. The summed E-state index contributed by atoms with van der Waals surface area (Å²) in [6.45, 7) is 6.53. The van der Waals surface area contributed by atoms with Crippen molar-refractivity contribution in [1.82, 2.24) is 9.62 Å². The van der Waals surface area contributed by atoms with Crippen molar-refractivity contribution < 1.29 is 18.3 Å². The number of carboxylic acid groups (broad SMARTS) is 1. The molecule has 0 aliphatic carbocycles. The van der Waals surface area contributed by atoms with Gasteiger partial charge in [-0.25, -0.2) is 17.9 Å². The van der Waals surface area contributed by atoms with Crippen LogP contribution in [0.1, 0.15) is 39.3 Å². The summed E-state index contributed by atoms with van der Waals surface area (Å²) in [5.41, 5.74) is -0.333. The van der Waals surface area contributed by atoms with Crippen LogP contribution < -0.4 is 4.72 Å². The van der Waals surface area contributed by atoms with Crippen LogP contribution in [-0.2, 0) is 10.0 Å². The lowest BCUT2D eigenvalue weighted by atomic mass is 9.98. The Hall–Kier alpha value is -1.02. The van der Waals surface area contributed by atoms with E-state index in [9.17, 15) is 18.3 Å². The van der Waals surface area contributed by atoms with E-state index in [1.165, 1.54) is 11.8 Å². The van der Waals surface area contributed by atoms with Crippen molar-refractivity contribution in [3.8, 4) is 0 Å². The zero-order valence-electron chi connectivity index (χ0n) is 14.0. The fourth-order valence-corrected chi connectivity index (χ4v) is 3.36. The third kappa shape index (κ3) is 5.24. The highest BCUT2D eigenvalue weighted by atomic mass is 35.5. The highest BCUT2D eigenvalue weighted by Gasteiger charge is 2.36. The molecule has 2 N–H and O–H groups in total. The molecule has 0 radical (unpaired) electrons. The molecule has 1 amide bonds. The van der Waals surface area contributed by atoms with Crippen LogP contribution in [0, 0.1) is 0 Å². The Balaban J connectivity index is 3.40. The van der Waals surface area contributed by atoms with E-state index >= 15 is 0 Å². The van der Waals surface area contributed by atoms with Crippen LogP contribution in [0.2, 0.25) is 10.0 Å². The van der Waals surface area contributed by atoms with Crippen LogP contribution in [-0.4, -0.2) is 42.4 Å². The zero-order chi connectivity index (χ0) is 18.7. The van der Waals surface area contributed by atoms with Crippen LogP contribution in [0.15, 0.2) is 18.2 Å². The van der Waals surface area contributed by atoms with Crippen LogP contribution in [0.5, 0.6) is 0 Å². The highest BCUT2D eigenvalue weighted by molar-refractivity contribution is 7.89. The van der Waals surface area contributed by atoms with Gasteiger partial charge in [-0.3, -0.25) is 4.90 Å². The molecule has 1 aromatic rings. The highest BCUT2D eigenvalue weighted by Crippen LogP contribution is 2.35. The van der Waals surface area contributed by atoms with Crippen LogP contribution in [0.4, 0.5) is 4.79 Å². The van der Waals surface area contributed by atoms with Crippen molar-refractivity contribution >= 4 is 39.3 Å². The zero-order valence-corrected chi connectivity index (χ0v) is 16.3. The quantitative estimate of drug-likeness (QED) is 0.766. The number of nitrogens with zero attached hydrogens (tertiary/aromatic N) is 1. The molecule has 0 saturated heterocycles. The normalized spacial score (nSPS) is 13.6. The van der Waals surface area contributed by atoms with E-state index in [2.05, 4.69) is 4.72 Å². The predicted molar refractivity (Wildman–Crippen MR) is 96.3 cm³/mol. The second-order valence-electron chi connectivity index (χ2n) is 6.23. The van der Waals surface area contributed by atoms with Gasteiger partial charge < -0.3 is 5.11 Å². The summed E-state index contributed by atoms with van der Waals surface area (Å²) in [4.78, 5) is 13.0. The molecule has 0 heterocycles. The van der Waals surface area contributed by atoms with Gasteiger partial charge in [0.2, 0.25) is 10.0 Å². The second-order valence-corrected chi connectivity index (χ2v) is 9.11. The smallest absolute Gasteiger partial charge is 0.408 e. The van der Waals surface area contributed by atoms with Gasteiger partial charge in [-0.2, -0.15) is 0 Å². The molecule has 0 aromatic heterocycles. The van der Waals surface area contributed by atoms with E-state index < -0.39 is 27.7 Å². The maximum absolute atomic E-state index is 11.8. The van der Waals surface area contributed by atoms with Crippen molar-refractivity contribution in [2.24, 2.45) is 0 Å². The standard InChI is InChI=1S/C15H22Cl2N2O4S/c1-5-24(22,23)18-9-12(19(14(20)21)15(2,3)4)10-7-6-8-11(16)13(10)17/h6-8,12,18H,5,9H2,1-4H3,(H,20,21). The molecule has 0 aliphatic rings. The van der Waals surface area contributed by atoms with E-state index in [0.29, 0.717) is 5.56 Å². The van der Waals surface area contributed by atoms with Crippen molar-refractivity contribution in [1.29, 1.82) is 0 Å². The number of hydrogen-bond acceptors (Lipinski definition) is 3. The molecule has 0 saturated carbocycles. The first-order chi connectivity index (χ1) is 10.9. The first-order valence-corrected chi connectivity index (χ1v) is 9.75. The van der Waals surface area contributed by atoms with Crippen molar-refractivity contribution in [3.63, 3.8) is 0 Å². The first-order valence-electron chi connectivity index (χ1n) is 7.34. The van der Waals surface area contributed by atoms with E-state index in [1.54, 1.807) is 39.0 Å². The minimum Gasteiger partial charge on any atom is -0.465 e. The van der Waals surface area contributed by atoms with Gasteiger partial charge in [-0.15, -0.1) is 0 Å². The summed E-state index contributed by atoms with van der Waals surface area (Å²) < 4.78 is 26.0. The van der Waals surface area contributed by atoms with Gasteiger partial charge in [-0.1, -0.05) is 35.3 Å². The molecule has 1 rings (SSSR count). The topological polar surface area (TPSA) is 86.7 Å². The van der Waals surface area contributed by atoms with Crippen molar-refractivity contribution in [2.75, 3.05) is 12.3 Å². The summed E-state index contributed by atoms with van der Waals surface area (Å²) in [5, 5.41) is 10.1. The molecule has 6 nitrogen and oxygen atoms in total. The van der Waals surface area contributed by atoms with Gasteiger partial charge in [0.15, 0.2) is 0 Å². The van der Waals surface area contributed by atoms with E-state index in [4.69, 9.17) is 23.2 Å². The van der Waals surface area contributed by atoms with Gasteiger partial charge in [0.25, 0.3) is 0 Å². The Morgan fingerprint density at radius 1 is 1.33 bits per heavy atom. The summed E-state index contributed by atoms with van der Waals surface area (Å²) in [6.07, 6.45) is -1.18. The minimum absolute atomic E-state index is 0.106. The average molecular weight is 397 g/mol. The molecule has 0 fully saturated rings. The Bertz CT molecular complexity index is 702. The fraction of sp³-hybridized carbons (Fsp3) is 0.533. The number of carbonyl (C=O) groups is 1. The Morgan fingerprint density at radius 3 is 2.38 bits per heavy atom. The molecule has 0 bridgehead atoms. The molecular formula is C15H22Cl2N2O4S. The summed E-state index contributed by atoms with van der Waals surface area (Å²) in [7, 11) is -3.50. The van der Waals surface area contributed by atoms with Crippen LogP contribution >= 0.6 is 23.2 Å². The third-order valence-corrected chi connectivity index (χ3v) is 5.66. The Morgan fingerprint density at radius 2 is 1.92 bits per heavy atom. The number of benzene rings is 1. The minimum atomic E-state index is -3.50. The van der Waals surface area contributed by atoms with Gasteiger partial charge in [0.05, 0.1) is 21.8 Å². The van der Waals surface area contributed by atoms with Gasteiger partial charge in [0, 0.05) is 12.1 Å². The van der Waals surface area contributed by atoms with E-state index in [0.717, 1.165) is 0 Å². The molecular weight excluding hydrogens is 375 g/mol. The Kier molecular flexibility index (Phi) is 6.93. The second kappa shape index (κ2) is 7.91. The summed E-state index contributed by atoms with van der Waals surface area (Å²) >= 11 is 12.3. The maximum atomic E-state index is 11.8. The molecule has 24 heavy (non-hydrogen) atoms. The molecule has 9 heteroatoms. The molecule has 0 aliphatic heterocycles. The summed E-state index contributed by atoms with van der Waals surface area (Å²) in [5.74, 6) is -0.106. The first kappa shape index (κ1) is 21.0. The lowest BCUT2D eigenvalue weighted by molar-refractivity contribution is 0.0710. The van der Waals surface area contributed by atoms with Crippen molar-refractivity contribution in [3.05, 3.63) is 33.8 Å². The van der Waals surface area contributed by atoms with E-state index in [-0.39, 0.29) is 22.3 Å². The van der Waals surface area contributed by atoms with Crippen LogP contribution in [0.3, 0.4) is 0 Å². The predicted octanol–water partition coefficient (Wildman–Crippen LogP) is 3.75. The number of hydrogen-bond donors (Lipinski definition) is 2. The van der Waals surface area contributed by atoms with Gasteiger partial charge >= 0.3 is 6.09 Å². The lowest BCUT2D eigenvalue weighted by Crippen LogP contribution is -2.50. The van der Waals surface area contributed by atoms with Gasteiger partial charge in [0.1, 0.15) is 0 Å². The number of halogens is 2. The fourth-order valence-electron chi connectivity index (χ4n) is 2.31. The van der Waals surface area contributed by atoms with Gasteiger partial charge in [-0.05, 0) is 39.3 Å². The third-order valence-electron chi connectivity index (χ3n) is 3.46. The molecule has 1 unspecified atom stereocenters. The van der Waals surface area contributed by atoms with Crippen LogP contribution in [0.25, 0.3) is 0 Å². The van der Waals surface area contributed by atoms with Crippen molar-refractivity contribution in [2.45, 2.75) is 39.3 Å². The monoisotopic (exact) mass is 396 g/mol. The largest absolute Gasteiger partial charge is 0.465 e. The number of nitrogens with one attached hydrogen (secondary N) is 1. The summed E-state index contributed by atoms with van der Waals surface area (Å²) in [6, 6.07) is 4.05. The van der Waals surface area contributed by atoms with E-state index in [1.807, 2.05) is 0 Å². The SMILES string of the molecule is CCS(=O)(=O)NCC(c1cccc(Cl)c1Cl)N(C(=O)O)C(C)(C)C. The average Bonchev–Trinajstić information content (AvgIpc) is 2.44.